The van der Waals surface area contributed by atoms with E-state index < -0.39 is 0 Å². The van der Waals surface area contributed by atoms with Crippen LogP contribution < -0.4 is 10.6 Å². The topological polar surface area (TPSA) is 57.3 Å². The van der Waals surface area contributed by atoms with Gasteiger partial charge >= 0.3 is 0 Å². The molecule has 0 spiro atoms. The van der Waals surface area contributed by atoms with Crippen molar-refractivity contribution < 1.29 is 4.79 Å². The third kappa shape index (κ3) is 4.55. The number of fused-ring (bicyclic) bond motifs is 1. The average molecular weight is 367 g/mol. The minimum Gasteiger partial charge on any atom is -0.316 e. The molecule has 8 heteroatoms. The van der Waals surface area contributed by atoms with Gasteiger partial charge in [-0.25, -0.2) is 4.98 Å². The highest BCUT2D eigenvalue weighted by atomic mass is 35.5. The number of carbonyl (C=O) groups excluding carboxylic acids is 1. The van der Waals surface area contributed by atoms with Gasteiger partial charge in [0.25, 0.3) is 0 Å². The highest BCUT2D eigenvalue weighted by Crippen LogP contribution is 2.28. The van der Waals surface area contributed by atoms with E-state index in [1.54, 1.807) is 11.3 Å². The van der Waals surface area contributed by atoms with Crippen molar-refractivity contribution >= 4 is 47.2 Å². The van der Waals surface area contributed by atoms with Gasteiger partial charge in [-0.15, -0.1) is 36.2 Å². The van der Waals surface area contributed by atoms with E-state index in [-0.39, 0.29) is 36.6 Å². The van der Waals surface area contributed by atoms with Gasteiger partial charge in [0.1, 0.15) is 0 Å². The molecule has 1 aromatic rings. The molecule has 1 amide bonds. The van der Waals surface area contributed by atoms with Crippen LogP contribution in [0.25, 0.3) is 0 Å². The molecule has 0 saturated carbocycles. The number of anilines is 1. The molecule has 1 unspecified atom stereocenters. The molecule has 5 nitrogen and oxygen atoms in total. The SMILES string of the molecule is CCN1CCc2nc(NC(=O)C3CCCNC3)sc2C1.Cl.Cl. The summed E-state index contributed by atoms with van der Waals surface area (Å²) in [4.78, 5) is 20.5. The third-order valence-electron chi connectivity index (χ3n) is 4.16. The molecule has 0 aromatic carbocycles. The second kappa shape index (κ2) is 9.03. The molecule has 126 valence electrons. The van der Waals surface area contributed by atoms with Crippen molar-refractivity contribution in [3.63, 3.8) is 0 Å². The van der Waals surface area contributed by atoms with Crippen LogP contribution in [0.2, 0.25) is 0 Å². The molecule has 1 aromatic heterocycles. The highest BCUT2D eigenvalue weighted by Gasteiger charge is 2.24. The van der Waals surface area contributed by atoms with E-state index in [4.69, 9.17) is 0 Å². The summed E-state index contributed by atoms with van der Waals surface area (Å²) in [6, 6.07) is 0. The molecule has 2 aliphatic heterocycles. The molecular weight excluding hydrogens is 343 g/mol. The smallest absolute Gasteiger partial charge is 0.230 e. The number of hydrogen-bond donors (Lipinski definition) is 2. The summed E-state index contributed by atoms with van der Waals surface area (Å²) in [6.07, 6.45) is 3.06. The van der Waals surface area contributed by atoms with Crippen LogP contribution in [0.5, 0.6) is 0 Å². The van der Waals surface area contributed by atoms with E-state index in [0.717, 1.165) is 57.1 Å². The van der Waals surface area contributed by atoms with Crippen LogP contribution in [-0.2, 0) is 17.8 Å². The van der Waals surface area contributed by atoms with Gasteiger partial charge in [-0.3, -0.25) is 9.69 Å². The predicted octanol–water partition coefficient (Wildman–Crippen LogP) is 2.30. The lowest BCUT2D eigenvalue weighted by molar-refractivity contribution is -0.120. The fourth-order valence-corrected chi connectivity index (χ4v) is 3.91. The zero-order chi connectivity index (χ0) is 13.9. The van der Waals surface area contributed by atoms with E-state index in [2.05, 4.69) is 27.4 Å². The number of rotatable bonds is 3. The number of amides is 1. The quantitative estimate of drug-likeness (QED) is 0.861. The Morgan fingerprint density at radius 2 is 2.32 bits per heavy atom. The van der Waals surface area contributed by atoms with Crippen molar-refractivity contribution in [3.8, 4) is 0 Å². The van der Waals surface area contributed by atoms with Crippen LogP contribution in [-0.4, -0.2) is 42.0 Å². The molecule has 2 N–H and O–H groups in total. The van der Waals surface area contributed by atoms with E-state index in [1.807, 2.05) is 0 Å². The van der Waals surface area contributed by atoms with Gasteiger partial charge in [-0.1, -0.05) is 6.92 Å². The summed E-state index contributed by atoms with van der Waals surface area (Å²) >= 11 is 1.64. The maximum absolute atomic E-state index is 12.2. The first kappa shape index (κ1) is 19.6. The maximum atomic E-state index is 12.2. The number of nitrogens with one attached hydrogen (secondary N) is 2. The Labute approximate surface area is 148 Å². The molecule has 0 bridgehead atoms. The molecule has 2 aliphatic rings. The van der Waals surface area contributed by atoms with E-state index in [9.17, 15) is 4.79 Å². The Hall–Kier alpha value is -0.400. The molecule has 1 fully saturated rings. The van der Waals surface area contributed by atoms with Gasteiger partial charge in [0.05, 0.1) is 11.6 Å². The van der Waals surface area contributed by atoms with Crippen molar-refractivity contribution in [1.82, 2.24) is 15.2 Å². The van der Waals surface area contributed by atoms with Crippen LogP contribution in [0.3, 0.4) is 0 Å². The first-order chi connectivity index (χ1) is 9.76. The Balaban J connectivity index is 0.00000121. The molecule has 1 atom stereocenters. The molecule has 3 heterocycles. The number of thiazole rings is 1. The van der Waals surface area contributed by atoms with Gasteiger partial charge < -0.3 is 10.6 Å². The number of aromatic nitrogens is 1. The van der Waals surface area contributed by atoms with Crippen LogP contribution in [0.4, 0.5) is 5.13 Å². The lowest BCUT2D eigenvalue weighted by atomic mass is 9.99. The first-order valence-electron chi connectivity index (χ1n) is 7.48. The van der Waals surface area contributed by atoms with E-state index in [1.165, 1.54) is 10.6 Å². The Kier molecular flexibility index (Phi) is 8.07. The standard InChI is InChI=1S/C14H22N4OS.2ClH/c1-2-18-7-5-11-12(9-18)20-14(16-11)17-13(19)10-4-3-6-15-8-10;;/h10,15H,2-9H2,1H3,(H,16,17,19);2*1H. The maximum Gasteiger partial charge on any atom is 0.230 e. The second-order valence-electron chi connectivity index (χ2n) is 5.54. The minimum absolute atomic E-state index is 0. The Morgan fingerprint density at radius 1 is 1.50 bits per heavy atom. The summed E-state index contributed by atoms with van der Waals surface area (Å²) in [6.45, 7) is 7.14. The lowest BCUT2D eigenvalue weighted by Crippen LogP contribution is -2.37. The zero-order valence-electron chi connectivity index (χ0n) is 12.8. The number of piperidine rings is 1. The van der Waals surface area contributed by atoms with Crippen molar-refractivity contribution in [2.45, 2.75) is 32.7 Å². The van der Waals surface area contributed by atoms with Gasteiger partial charge in [-0.05, 0) is 25.9 Å². The van der Waals surface area contributed by atoms with E-state index in [0.29, 0.717) is 0 Å². The summed E-state index contributed by atoms with van der Waals surface area (Å²) in [7, 11) is 0. The van der Waals surface area contributed by atoms with E-state index >= 15 is 0 Å². The number of nitrogens with zero attached hydrogens (tertiary/aromatic N) is 2. The van der Waals surface area contributed by atoms with Crippen LogP contribution in [0.1, 0.15) is 30.3 Å². The molecule has 1 saturated heterocycles. The van der Waals surface area contributed by atoms with Crippen LogP contribution in [0, 0.1) is 5.92 Å². The van der Waals surface area contributed by atoms with Crippen LogP contribution >= 0.6 is 36.2 Å². The molecule has 0 radical (unpaired) electrons. The largest absolute Gasteiger partial charge is 0.316 e. The van der Waals surface area contributed by atoms with Gasteiger partial charge in [0, 0.05) is 30.9 Å². The lowest BCUT2D eigenvalue weighted by Gasteiger charge is -2.23. The summed E-state index contributed by atoms with van der Waals surface area (Å²) in [5.41, 5.74) is 1.18. The minimum atomic E-state index is 0. The normalized spacial score (nSPS) is 21.2. The van der Waals surface area contributed by atoms with Gasteiger partial charge in [0.15, 0.2) is 5.13 Å². The Morgan fingerprint density at radius 3 is 3.00 bits per heavy atom. The fraction of sp³-hybridized carbons (Fsp3) is 0.714. The number of hydrogen-bond acceptors (Lipinski definition) is 5. The van der Waals surface area contributed by atoms with Gasteiger partial charge in [-0.2, -0.15) is 0 Å². The highest BCUT2D eigenvalue weighted by molar-refractivity contribution is 7.15. The summed E-state index contributed by atoms with van der Waals surface area (Å²) in [5, 5.41) is 7.07. The van der Waals surface area contributed by atoms with Crippen molar-refractivity contribution in [1.29, 1.82) is 0 Å². The predicted molar refractivity (Wildman–Crippen MR) is 95.5 cm³/mol. The Bertz CT molecular complexity index is 491. The third-order valence-corrected chi connectivity index (χ3v) is 5.15. The van der Waals surface area contributed by atoms with Crippen LogP contribution in [0.15, 0.2) is 0 Å². The number of likely N-dealkylation sites (N-methyl/N-ethyl adjacent to an activating group) is 1. The number of carbonyl (C=O) groups is 1. The van der Waals surface area contributed by atoms with Gasteiger partial charge in [0.2, 0.25) is 5.91 Å². The van der Waals surface area contributed by atoms with Crippen molar-refractivity contribution in [2.24, 2.45) is 5.92 Å². The average Bonchev–Trinajstić information content (AvgIpc) is 2.89. The zero-order valence-corrected chi connectivity index (χ0v) is 15.2. The molecule has 3 rings (SSSR count). The fourth-order valence-electron chi connectivity index (χ4n) is 2.85. The first-order valence-corrected chi connectivity index (χ1v) is 8.30. The monoisotopic (exact) mass is 366 g/mol. The molecular formula is C14H24Cl2N4OS. The van der Waals surface area contributed by atoms with Crippen molar-refractivity contribution in [3.05, 3.63) is 10.6 Å². The molecule has 0 aliphatic carbocycles. The summed E-state index contributed by atoms with van der Waals surface area (Å²) in [5.74, 6) is 0.215. The van der Waals surface area contributed by atoms with Crippen molar-refractivity contribution in [2.75, 3.05) is 31.5 Å². The number of halogens is 2. The second-order valence-corrected chi connectivity index (χ2v) is 6.62. The summed E-state index contributed by atoms with van der Waals surface area (Å²) < 4.78 is 0. The molecule has 22 heavy (non-hydrogen) atoms.